The van der Waals surface area contributed by atoms with Crippen molar-refractivity contribution < 1.29 is 35.1 Å². The second-order valence-electron chi connectivity index (χ2n) is 4.96. The molecule has 0 atom stereocenters. The molecule has 7 nitrogen and oxygen atoms in total. The molecule has 2 aromatic rings. The van der Waals surface area contributed by atoms with E-state index in [1.54, 1.807) is 0 Å². The summed E-state index contributed by atoms with van der Waals surface area (Å²) in [6.45, 7) is 0. The molecule has 0 radical (unpaired) electrons. The molecule has 0 aromatic heterocycles. The molecule has 0 saturated heterocycles. The predicted molar refractivity (Wildman–Crippen MR) is 72.7 cm³/mol. The number of ketones is 1. The van der Waals surface area contributed by atoms with Crippen molar-refractivity contribution in [2.24, 2.45) is 0 Å². The maximum atomic E-state index is 12.4. The fourth-order valence-electron chi connectivity index (χ4n) is 2.60. The average Bonchev–Trinajstić information content (AvgIpc) is 2.46. The number of hydrogen-bond donors (Lipinski definition) is 5. The Morgan fingerprint density at radius 1 is 0.955 bits per heavy atom. The zero-order valence-electron chi connectivity index (χ0n) is 11.0. The summed E-state index contributed by atoms with van der Waals surface area (Å²) in [5.41, 5.74) is -0.0549. The van der Waals surface area contributed by atoms with Crippen LogP contribution in [0.4, 0.5) is 0 Å². The van der Waals surface area contributed by atoms with Crippen molar-refractivity contribution in [1.29, 1.82) is 0 Å². The van der Waals surface area contributed by atoms with Crippen LogP contribution in [-0.2, 0) is 6.42 Å². The number of hydrogen-bond acceptors (Lipinski definition) is 6. The van der Waals surface area contributed by atoms with E-state index in [1.807, 2.05) is 0 Å². The van der Waals surface area contributed by atoms with Crippen molar-refractivity contribution >= 4 is 11.8 Å². The Kier molecular flexibility index (Phi) is 2.74. The van der Waals surface area contributed by atoms with Gasteiger partial charge in [0.05, 0.1) is 11.1 Å². The fraction of sp³-hybridized carbons (Fsp3) is 0.0667. The summed E-state index contributed by atoms with van der Waals surface area (Å²) in [5.74, 6) is -4.49. The van der Waals surface area contributed by atoms with Crippen molar-refractivity contribution in [1.82, 2.24) is 0 Å². The predicted octanol–water partition coefficient (Wildman–Crippen LogP) is 1.34. The lowest BCUT2D eigenvalue weighted by atomic mass is 9.83. The van der Waals surface area contributed by atoms with Gasteiger partial charge < -0.3 is 25.5 Å². The first-order chi connectivity index (χ1) is 10.3. The lowest BCUT2D eigenvalue weighted by Crippen LogP contribution is -2.16. The molecule has 0 aliphatic heterocycles. The number of aromatic hydroxyl groups is 4. The molecule has 112 valence electrons. The highest BCUT2D eigenvalue weighted by Gasteiger charge is 2.31. The van der Waals surface area contributed by atoms with Crippen LogP contribution in [0.1, 0.15) is 37.4 Å². The zero-order valence-corrected chi connectivity index (χ0v) is 11.0. The minimum absolute atomic E-state index is 0.0568. The Labute approximate surface area is 123 Å². The molecular formula is C15H10O7. The van der Waals surface area contributed by atoms with Crippen LogP contribution in [0, 0.1) is 0 Å². The second-order valence-corrected chi connectivity index (χ2v) is 4.96. The van der Waals surface area contributed by atoms with E-state index in [2.05, 4.69) is 0 Å². The number of rotatable bonds is 1. The quantitative estimate of drug-likeness (QED) is 0.428. The lowest BCUT2D eigenvalue weighted by molar-refractivity contribution is 0.0695. The van der Waals surface area contributed by atoms with Crippen LogP contribution in [0.2, 0.25) is 0 Å². The van der Waals surface area contributed by atoms with Gasteiger partial charge in [-0.2, -0.15) is 0 Å². The summed E-state index contributed by atoms with van der Waals surface area (Å²) in [4.78, 5) is 23.4. The number of carbonyl (C=O) groups excluding carboxylic acids is 1. The first-order valence-electron chi connectivity index (χ1n) is 6.22. The topological polar surface area (TPSA) is 135 Å². The van der Waals surface area contributed by atoms with Gasteiger partial charge in [0.2, 0.25) is 5.75 Å². The number of phenolic OH excluding ortho intramolecular Hbond substituents is 4. The SMILES string of the molecule is O=C(O)c1cc(O)c2c(c1)Cc1c(cc(O)c(O)c1O)C2=O. The molecule has 1 aliphatic carbocycles. The molecule has 0 fully saturated rings. The highest BCUT2D eigenvalue weighted by atomic mass is 16.4. The van der Waals surface area contributed by atoms with E-state index >= 15 is 0 Å². The van der Waals surface area contributed by atoms with E-state index in [-0.39, 0.29) is 34.2 Å². The first-order valence-corrected chi connectivity index (χ1v) is 6.22. The van der Waals surface area contributed by atoms with E-state index in [9.17, 15) is 30.0 Å². The molecule has 0 heterocycles. The smallest absolute Gasteiger partial charge is 0.335 e. The molecule has 1 aliphatic rings. The molecule has 5 N–H and O–H groups in total. The Bertz CT molecular complexity index is 852. The van der Waals surface area contributed by atoms with E-state index in [0.717, 1.165) is 12.1 Å². The zero-order chi connectivity index (χ0) is 16.2. The second kappa shape index (κ2) is 4.39. The van der Waals surface area contributed by atoms with Gasteiger partial charge in [0.15, 0.2) is 17.3 Å². The van der Waals surface area contributed by atoms with Crippen molar-refractivity contribution in [3.05, 3.63) is 46.0 Å². The van der Waals surface area contributed by atoms with E-state index in [0.29, 0.717) is 0 Å². The summed E-state index contributed by atoms with van der Waals surface area (Å²) < 4.78 is 0. The fourth-order valence-corrected chi connectivity index (χ4v) is 2.60. The molecule has 0 spiro atoms. The van der Waals surface area contributed by atoms with Gasteiger partial charge in [0.1, 0.15) is 5.75 Å². The Hall–Kier alpha value is -3.22. The summed E-state index contributed by atoms with van der Waals surface area (Å²) >= 11 is 0. The lowest BCUT2D eigenvalue weighted by Gasteiger charge is -2.21. The van der Waals surface area contributed by atoms with Crippen molar-refractivity contribution in [3.8, 4) is 23.0 Å². The van der Waals surface area contributed by atoms with Gasteiger partial charge in [-0.3, -0.25) is 4.79 Å². The maximum Gasteiger partial charge on any atom is 0.335 e. The number of fused-ring (bicyclic) bond motifs is 2. The van der Waals surface area contributed by atoms with Crippen molar-refractivity contribution in [2.45, 2.75) is 6.42 Å². The van der Waals surface area contributed by atoms with Crippen LogP contribution >= 0.6 is 0 Å². The third-order valence-electron chi connectivity index (χ3n) is 3.64. The number of phenols is 4. The molecule has 0 bridgehead atoms. The molecule has 0 saturated carbocycles. The summed E-state index contributed by atoms with van der Waals surface area (Å²) in [6.07, 6.45) is -0.0647. The van der Waals surface area contributed by atoms with Crippen LogP contribution in [0.3, 0.4) is 0 Å². The highest BCUT2D eigenvalue weighted by Crippen LogP contribution is 2.44. The van der Waals surface area contributed by atoms with Gasteiger partial charge in [-0.05, 0) is 23.8 Å². The van der Waals surface area contributed by atoms with Crippen LogP contribution in [0.25, 0.3) is 0 Å². The summed E-state index contributed by atoms with van der Waals surface area (Å²) in [6, 6.07) is 3.19. The molecule has 22 heavy (non-hydrogen) atoms. The van der Waals surface area contributed by atoms with Crippen LogP contribution in [-0.4, -0.2) is 37.3 Å². The number of aromatic carboxylic acids is 1. The van der Waals surface area contributed by atoms with E-state index in [4.69, 9.17) is 5.11 Å². The molecule has 2 aromatic carbocycles. The first kappa shape index (κ1) is 13.7. The van der Waals surface area contributed by atoms with Gasteiger partial charge in [-0.25, -0.2) is 4.79 Å². The molecular weight excluding hydrogens is 292 g/mol. The van der Waals surface area contributed by atoms with Crippen molar-refractivity contribution in [3.63, 3.8) is 0 Å². The minimum Gasteiger partial charge on any atom is -0.507 e. The molecule has 7 heteroatoms. The summed E-state index contributed by atoms with van der Waals surface area (Å²) in [7, 11) is 0. The largest absolute Gasteiger partial charge is 0.507 e. The monoisotopic (exact) mass is 302 g/mol. The van der Waals surface area contributed by atoms with Gasteiger partial charge in [-0.15, -0.1) is 0 Å². The third-order valence-corrected chi connectivity index (χ3v) is 3.64. The van der Waals surface area contributed by atoms with Gasteiger partial charge >= 0.3 is 5.97 Å². The van der Waals surface area contributed by atoms with Gasteiger partial charge in [-0.1, -0.05) is 0 Å². The van der Waals surface area contributed by atoms with Gasteiger partial charge in [0, 0.05) is 17.5 Å². The minimum atomic E-state index is -1.27. The number of carboxylic acid groups (broad SMARTS) is 1. The standard InChI is InChI=1S/C15H10O7/c16-9-3-6(15(21)22)1-5-2-7-8(12(18)11(5)9)4-10(17)14(20)13(7)19/h1,3-4,16-17,19-20H,2H2,(H,21,22). The Balaban J connectivity index is 2.28. The highest BCUT2D eigenvalue weighted by molar-refractivity contribution is 6.15. The Morgan fingerprint density at radius 2 is 1.64 bits per heavy atom. The Morgan fingerprint density at radius 3 is 2.27 bits per heavy atom. The molecule has 0 unspecified atom stereocenters. The van der Waals surface area contributed by atoms with E-state index in [1.165, 1.54) is 6.07 Å². The number of benzene rings is 2. The molecule has 3 rings (SSSR count). The van der Waals surface area contributed by atoms with Crippen LogP contribution < -0.4 is 0 Å². The number of carboxylic acids is 1. The van der Waals surface area contributed by atoms with Gasteiger partial charge in [0.25, 0.3) is 0 Å². The van der Waals surface area contributed by atoms with E-state index < -0.39 is 34.8 Å². The van der Waals surface area contributed by atoms with Crippen LogP contribution in [0.15, 0.2) is 18.2 Å². The normalized spacial score (nSPS) is 12.6. The van der Waals surface area contributed by atoms with Crippen LogP contribution in [0.5, 0.6) is 23.0 Å². The van der Waals surface area contributed by atoms with Crippen molar-refractivity contribution in [2.75, 3.05) is 0 Å². The maximum absolute atomic E-state index is 12.4. The summed E-state index contributed by atoms with van der Waals surface area (Å²) in [5, 5.41) is 47.8. The number of carbonyl (C=O) groups is 2. The third kappa shape index (κ3) is 1.76. The average molecular weight is 302 g/mol. The molecule has 0 amide bonds.